The lowest BCUT2D eigenvalue weighted by atomic mass is 10.2. The Kier molecular flexibility index (Phi) is 4.97. The zero-order chi connectivity index (χ0) is 19.5. The number of benzene rings is 2. The van der Waals surface area contributed by atoms with Gasteiger partial charge in [0, 0.05) is 6.54 Å². The van der Waals surface area contributed by atoms with Crippen molar-refractivity contribution in [2.75, 3.05) is 19.8 Å². The van der Waals surface area contributed by atoms with Gasteiger partial charge >= 0.3 is 5.97 Å². The van der Waals surface area contributed by atoms with Gasteiger partial charge in [-0.15, -0.1) is 0 Å². The van der Waals surface area contributed by atoms with Crippen LogP contribution in [0.25, 0.3) is 10.9 Å². The van der Waals surface area contributed by atoms with Crippen LogP contribution in [0.3, 0.4) is 0 Å². The zero-order valence-electron chi connectivity index (χ0n) is 15.5. The quantitative estimate of drug-likeness (QED) is 0.500. The number of para-hydroxylation sites is 1. The molecule has 7 heteroatoms. The minimum absolute atomic E-state index is 0.0822. The molecule has 0 spiro atoms. The van der Waals surface area contributed by atoms with Crippen molar-refractivity contribution in [1.29, 1.82) is 0 Å². The molecule has 1 aromatic heterocycles. The summed E-state index contributed by atoms with van der Waals surface area (Å²) >= 11 is 0. The molecule has 1 aliphatic rings. The van der Waals surface area contributed by atoms with Crippen LogP contribution in [0.4, 0.5) is 0 Å². The molecule has 0 amide bonds. The lowest BCUT2D eigenvalue weighted by molar-refractivity contribution is 0.0494. The molecule has 0 aliphatic carbocycles. The first-order valence-corrected chi connectivity index (χ1v) is 9.16. The average molecular weight is 380 g/mol. The largest absolute Gasteiger partial charge is 0.486 e. The van der Waals surface area contributed by atoms with Crippen molar-refractivity contribution in [3.63, 3.8) is 0 Å². The Labute approximate surface area is 161 Å². The maximum atomic E-state index is 12.6. The number of aryl methyl sites for hydroxylation is 1. The van der Waals surface area contributed by atoms with Crippen LogP contribution in [0.1, 0.15) is 22.6 Å². The van der Waals surface area contributed by atoms with Gasteiger partial charge in [0.05, 0.1) is 23.1 Å². The van der Waals surface area contributed by atoms with Gasteiger partial charge in [0.1, 0.15) is 19.0 Å². The number of carbonyl (C=O) groups excluding carboxylic acids is 1. The number of aromatic nitrogens is 2. The summed E-state index contributed by atoms with van der Waals surface area (Å²) in [6.07, 6.45) is 0.511. The summed E-state index contributed by atoms with van der Waals surface area (Å²) in [6, 6.07) is 12.2. The highest BCUT2D eigenvalue weighted by molar-refractivity contribution is 5.90. The second-order valence-electron chi connectivity index (χ2n) is 6.48. The summed E-state index contributed by atoms with van der Waals surface area (Å²) in [4.78, 5) is 29.3. The molecule has 0 saturated heterocycles. The van der Waals surface area contributed by atoms with E-state index in [1.807, 2.05) is 18.2 Å². The van der Waals surface area contributed by atoms with E-state index < -0.39 is 5.97 Å². The van der Waals surface area contributed by atoms with Gasteiger partial charge in [-0.25, -0.2) is 9.78 Å². The van der Waals surface area contributed by atoms with Gasteiger partial charge in [0.25, 0.3) is 5.56 Å². The molecule has 2 heterocycles. The Morgan fingerprint density at radius 2 is 1.93 bits per heavy atom. The Hall–Kier alpha value is -3.35. The molecule has 144 valence electrons. The van der Waals surface area contributed by atoms with Crippen LogP contribution in [0, 0.1) is 6.92 Å². The molecule has 7 nitrogen and oxygen atoms in total. The molecule has 0 unspecified atom stereocenters. The van der Waals surface area contributed by atoms with Crippen molar-refractivity contribution in [3.05, 3.63) is 64.2 Å². The number of hydrogen-bond donors (Lipinski definition) is 0. The predicted octanol–water partition coefficient (Wildman–Crippen LogP) is 2.72. The van der Waals surface area contributed by atoms with Gasteiger partial charge in [-0.2, -0.15) is 0 Å². The minimum Gasteiger partial charge on any atom is -0.486 e. The number of carbonyl (C=O) groups is 1. The first-order chi connectivity index (χ1) is 13.6. The van der Waals surface area contributed by atoms with E-state index in [1.165, 1.54) is 0 Å². The van der Waals surface area contributed by atoms with E-state index in [0.29, 0.717) is 60.0 Å². The number of ether oxygens (including phenoxy) is 3. The van der Waals surface area contributed by atoms with Gasteiger partial charge < -0.3 is 14.2 Å². The highest BCUT2D eigenvalue weighted by atomic mass is 16.6. The van der Waals surface area contributed by atoms with Crippen LogP contribution < -0.4 is 15.0 Å². The molecular weight excluding hydrogens is 360 g/mol. The molecule has 0 atom stereocenters. The zero-order valence-corrected chi connectivity index (χ0v) is 15.5. The monoisotopic (exact) mass is 380 g/mol. The maximum absolute atomic E-state index is 12.6. The van der Waals surface area contributed by atoms with Crippen molar-refractivity contribution < 1.29 is 19.0 Å². The van der Waals surface area contributed by atoms with E-state index in [2.05, 4.69) is 4.98 Å². The minimum atomic E-state index is -0.433. The van der Waals surface area contributed by atoms with Crippen LogP contribution >= 0.6 is 0 Å². The smallest absolute Gasteiger partial charge is 0.338 e. The Bertz CT molecular complexity index is 1090. The summed E-state index contributed by atoms with van der Waals surface area (Å²) in [5.74, 6) is 1.38. The van der Waals surface area contributed by atoms with E-state index in [4.69, 9.17) is 14.2 Å². The summed E-state index contributed by atoms with van der Waals surface area (Å²) in [5, 5.41) is 0.585. The third kappa shape index (κ3) is 3.55. The van der Waals surface area contributed by atoms with Crippen LogP contribution in [-0.2, 0) is 11.3 Å². The highest BCUT2D eigenvalue weighted by Gasteiger charge is 2.16. The van der Waals surface area contributed by atoms with Crippen molar-refractivity contribution in [2.24, 2.45) is 0 Å². The van der Waals surface area contributed by atoms with Crippen molar-refractivity contribution in [1.82, 2.24) is 9.55 Å². The summed E-state index contributed by atoms with van der Waals surface area (Å²) in [5.41, 5.74) is 1.01. The third-order valence-electron chi connectivity index (χ3n) is 4.59. The topological polar surface area (TPSA) is 79.7 Å². The van der Waals surface area contributed by atoms with E-state index in [9.17, 15) is 9.59 Å². The third-order valence-corrected chi connectivity index (χ3v) is 4.59. The Morgan fingerprint density at radius 3 is 2.79 bits per heavy atom. The lowest BCUT2D eigenvalue weighted by Gasteiger charge is -2.18. The molecule has 0 N–H and O–H groups in total. The van der Waals surface area contributed by atoms with E-state index in [-0.39, 0.29) is 12.2 Å². The fraction of sp³-hybridized carbons (Fsp3) is 0.286. The Morgan fingerprint density at radius 1 is 1.14 bits per heavy atom. The van der Waals surface area contributed by atoms with Gasteiger partial charge in [0.15, 0.2) is 11.5 Å². The molecule has 0 bridgehead atoms. The average Bonchev–Trinajstić information content (AvgIpc) is 2.72. The number of rotatable bonds is 5. The number of esters is 1. The van der Waals surface area contributed by atoms with Gasteiger partial charge in [-0.3, -0.25) is 9.36 Å². The van der Waals surface area contributed by atoms with Crippen LogP contribution in [0.15, 0.2) is 47.3 Å². The molecule has 3 aromatic rings. The van der Waals surface area contributed by atoms with Crippen LogP contribution in [0.5, 0.6) is 11.5 Å². The molecule has 28 heavy (non-hydrogen) atoms. The molecule has 2 aromatic carbocycles. The first kappa shape index (κ1) is 18.0. The molecule has 4 rings (SSSR count). The molecule has 0 saturated carbocycles. The number of nitrogens with zero attached hydrogens (tertiary/aromatic N) is 2. The number of fused-ring (bicyclic) bond motifs is 2. The second-order valence-corrected chi connectivity index (χ2v) is 6.48. The predicted molar refractivity (Wildman–Crippen MR) is 103 cm³/mol. The normalized spacial score (nSPS) is 12.8. The van der Waals surface area contributed by atoms with Crippen LogP contribution in [-0.4, -0.2) is 35.3 Å². The molecule has 0 radical (unpaired) electrons. The van der Waals surface area contributed by atoms with Crippen molar-refractivity contribution in [3.8, 4) is 11.5 Å². The fourth-order valence-electron chi connectivity index (χ4n) is 3.18. The summed E-state index contributed by atoms with van der Waals surface area (Å²) in [6.45, 7) is 3.39. The summed E-state index contributed by atoms with van der Waals surface area (Å²) < 4.78 is 17.9. The Balaban J connectivity index is 1.38. The van der Waals surface area contributed by atoms with Gasteiger partial charge in [-0.1, -0.05) is 12.1 Å². The van der Waals surface area contributed by atoms with E-state index in [0.717, 1.165) is 0 Å². The van der Waals surface area contributed by atoms with E-state index >= 15 is 0 Å². The summed E-state index contributed by atoms with van der Waals surface area (Å²) in [7, 11) is 0. The standard InChI is InChI=1S/C21H20N2O5/c1-14-22-17-6-3-2-5-16(17)20(24)23(14)9-4-10-28-21(25)15-7-8-18-19(13-15)27-12-11-26-18/h2-3,5-8,13H,4,9-12H2,1H3. The SMILES string of the molecule is Cc1nc2ccccc2c(=O)n1CCCOC(=O)c1ccc2c(c1)OCCO2. The van der Waals surface area contributed by atoms with Crippen molar-refractivity contribution in [2.45, 2.75) is 19.9 Å². The van der Waals surface area contributed by atoms with E-state index in [1.54, 1.807) is 35.8 Å². The fourth-order valence-corrected chi connectivity index (χ4v) is 3.18. The number of hydrogen-bond acceptors (Lipinski definition) is 6. The van der Waals surface area contributed by atoms with Gasteiger partial charge in [0.2, 0.25) is 0 Å². The molecular formula is C21H20N2O5. The first-order valence-electron chi connectivity index (χ1n) is 9.16. The molecule has 0 fully saturated rings. The van der Waals surface area contributed by atoms with Crippen molar-refractivity contribution >= 4 is 16.9 Å². The van der Waals surface area contributed by atoms with Gasteiger partial charge in [-0.05, 0) is 43.7 Å². The molecule has 1 aliphatic heterocycles. The maximum Gasteiger partial charge on any atom is 0.338 e. The van der Waals surface area contributed by atoms with Crippen LogP contribution in [0.2, 0.25) is 0 Å². The highest BCUT2D eigenvalue weighted by Crippen LogP contribution is 2.30. The second kappa shape index (κ2) is 7.72. The lowest BCUT2D eigenvalue weighted by Crippen LogP contribution is -2.24.